The molecule has 3 aromatic rings. The molecule has 1 aliphatic carbocycles. The fraction of sp³-hybridized carbons (Fsp3) is 0.320. The molecule has 1 unspecified atom stereocenters. The van der Waals surface area contributed by atoms with Gasteiger partial charge in [0.15, 0.2) is 0 Å². The lowest BCUT2D eigenvalue weighted by atomic mass is 9.93. The van der Waals surface area contributed by atoms with Gasteiger partial charge in [-0.15, -0.1) is 0 Å². The molecule has 0 bridgehead atoms. The van der Waals surface area contributed by atoms with Crippen molar-refractivity contribution in [3.63, 3.8) is 0 Å². The predicted molar refractivity (Wildman–Crippen MR) is 123 cm³/mol. The van der Waals surface area contributed by atoms with Gasteiger partial charge in [0.05, 0.1) is 5.56 Å². The van der Waals surface area contributed by atoms with Gasteiger partial charge in [0, 0.05) is 48.0 Å². The van der Waals surface area contributed by atoms with Crippen LogP contribution in [0.25, 0.3) is 11.0 Å². The van der Waals surface area contributed by atoms with Gasteiger partial charge >= 0.3 is 0 Å². The molecule has 6 rings (SSSR count). The van der Waals surface area contributed by atoms with E-state index in [0.29, 0.717) is 29.3 Å². The summed E-state index contributed by atoms with van der Waals surface area (Å²) in [5.41, 5.74) is 3.15. The summed E-state index contributed by atoms with van der Waals surface area (Å²) in [5.74, 6) is -1.28. The third kappa shape index (κ3) is 3.35. The minimum Gasteiger partial charge on any atom is -0.329 e. The maximum Gasteiger partial charge on any atom is 0.257 e. The summed E-state index contributed by atoms with van der Waals surface area (Å²) in [7, 11) is 0. The molecule has 34 heavy (non-hydrogen) atoms. The third-order valence-electron chi connectivity index (χ3n) is 7.07. The number of hydrogen-bond donors (Lipinski definition) is 2. The van der Waals surface area contributed by atoms with Gasteiger partial charge < -0.3 is 14.8 Å². The first-order valence-corrected chi connectivity index (χ1v) is 11.5. The van der Waals surface area contributed by atoms with Crippen LogP contribution < -0.4 is 10.6 Å². The standard InChI is InChI=1S/C25H23N5O4/c31-21-7-6-20(24(33)28-21)30-13-16-11-17(4-5-19(16)25(30)34)27-23(32)15-10-14-8-9-29(18-2-1-3-18)22(14)26-12-15/h4-5,8-12,18,20H,1-3,6-7,13H2,(H,27,32)(H,28,31,33). The van der Waals surface area contributed by atoms with E-state index in [4.69, 9.17) is 0 Å². The lowest BCUT2D eigenvalue weighted by Gasteiger charge is -2.29. The van der Waals surface area contributed by atoms with Crippen LogP contribution in [0.2, 0.25) is 0 Å². The second kappa shape index (κ2) is 7.79. The number of fused-ring (bicyclic) bond motifs is 2. The molecule has 1 saturated carbocycles. The number of nitrogens with zero attached hydrogens (tertiary/aromatic N) is 3. The molecule has 1 atom stereocenters. The van der Waals surface area contributed by atoms with Crippen LogP contribution >= 0.6 is 0 Å². The molecule has 4 heterocycles. The van der Waals surface area contributed by atoms with Crippen LogP contribution in [-0.2, 0) is 16.1 Å². The van der Waals surface area contributed by atoms with Crippen molar-refractivity contribution in [1.29, 1.82) is 0 Å². The van der Waals surface area contributed by atoms with Crippen molar-refractivity contribution < 1.29 is 19.2 Å². The summed E-state index contributed by atoms with van der Waals surface area (Å²) in [5, 5.41) is 6.12. The highest BCUT2D eigenvalue weighted by atomic mass is 16.2. The fourth-order valence-electron chi connectivity index (χ4n) is 4.98. The first-order chi connectivity index (χ1) is 16.5. The first-order valence-electron chi connectivity index (χ1n) is 11.5. The number of amides is 4. The zero-order valence-electron chi connectivity index (χ0n) is 18.4. The van der Waals surface area contributed by atoms with E-state index >= 15 is 0 Å². The number of carbonyl (C=O) groups excluding carboxylic acids is 4. The number of pyridine rings is 1. The molecule has 9 heteroatoms. The van der Waals surface area contributed by atoms with E-state index in [0.717, 1.165) is 29.4 Å². The van der Waals surface area contributed by atoms with Crippen molar-refractivity contribution in [2.75, 3.05) is 5.32 Å². The molecular weight excluding hydrogens is 434 g/mol. The van der Waals surface area contributed by atoms with Gasteiger partial charge in [0.25, 0.3) is 11.8 Å². The number of nitrogens with one attached hydrogen (secondary N) is 2. The van der Waals surface area contributed by atoms with Gasteiger partial charge in [-0.3, -0.25) is 24.5 Å². The SMILES string of the molecule is O=C1CCC(N2Cc3cc(NC(=O)c4cnc5c(ccn5C5CCC5)c4)ccc3C2=O)C(=O)N1. The fourth-order valence-corrected chi connectivity index (χ4v) is 4.98. The van der Waals surface area contributed by atoms with Crippen LogP contribution in [0, 0.1) is 0 Å². The topological polar surface area (TPSA) is 113 Å². The van der Waals surface area contributed by atoms with Gasteiger partial charge in [-0.05, 0) is 61.6 Å². The highest BCUT2D eigenvalue weighted by molar-refractivity contribution is 6.07. The molecule has 0 spiro atoms. The van der Waals surface area contributed by atoms with Gasteiger partial charge in [-0.2, -0.15) is 0 Å². The van der Waals surface area contributed by atoms with E-state index in [-0.39, 0.29) is 30.7 Å². The van der Waals surface area contributed by atoms with Gasteiger partial charge in [-0.1, -0.05) is 0 Å². The molecule has 9 nitrogen and oxygen atoms in total. The monoisotopic (exact) mass is 457 g/mol. The van der Waals surface area contributed by atoms with Crippen LogP contribution in [0.1, 0.15) is 64.4 Å². The maximum absolute atomic E-state index is 12.9. The summed E-state index contributed by atoms with van der Waals surface area (Å²) >= 11 is 0. The molecule has 2 N–H and O–H groups in total. The number of anilines is 1. The molecule has 4 amide bonds. The zero-order chi connectivity index (χ0) is 23.4. The van der Waals surface area contributed by atoms with Gasteiger partial charge in [-0.25, -0.2) is 4.98 Å². The number of piperidine rings is 1. The van der Waals surface area contributed by atoms with Gasteiger partial charge in [0.2, 0.25) is 11.8 Å². The third-order valence-corrected chi connectivity index (χ3v) is 7.07. The Kier molecular flexibility index (Phi) is 4.72. The molecule has 1 aromatic carbocycles. The Balaban J connectivity index is 1.18. The number of benzene rings is 1. The largest absolute Gasteiger partial charge is 0.329 e. The Morgan fingerprint density at radius 1 is 1.09 bits per heavy atom. The average molecular weight is 457 g/mol. The van der Waals surface area contributed by atoms with E-state index in [2.05, 4.69) is 20.2 Å². The Morgan fingerprint density at radius 3 is 2.71 bits per heavy atom. The molecule has 2 aliphatic heterocycles. The highest BCUT2D eigenvalue weighted by Crippen LogP contribution is 2.34. The Hall–Kier alpha value is -4.01. The van der Waals surface area contributed by atoms with Crippen molar-refractivity contribution in [2.24, 2.45) is 0 Å². The van der Waals surface area contributed by atoms with Crippen molar-refractivity contribution in [1.82, 2.24) is 19.8 Å². The Labute approximate surface area is 195 Å². The van der Waals surface area contributed by atoms with E-state index in [1.54, 1.807) is 24.4 Å². The average Bonchev–Trinajstić information content (AvgIpc) is 3.33. The molecule has 172 valence electrons. The summed E-state index contributed by atoms with van der Waals surface area (Å²) in [6.07, 6.45) is 7.71. The van der Waals surface area contributed by atoms with Crippen LogP contribution in [0.5, 0.6) is 0 Å². The second-order valence-electron chi connectivity index (χ2n) is 9.17. The summed E-state index contributed by atoms with van der Waals surface area (Å²) in [4.78, 5) is 55.4. The number of carbonyl (C=O) groups is 4. The van der Waals surface area contributed by atoms with E-state index in [1.807, 2.05) is 18.3 Å². The molecule has 3 aliphatic rings. The first kappa shape index (κ1) is 20.6. The van der Waals surface area contributed by atoms with E-state index in [1.165, 1.54) is 11.3 Å². The van der Waals surface area contributed by atoms with Crippen LogP contribution in [0.3, 0.4) is 0 Å². The van der Waals surface area contributed by atoms with Crippen LogP contribution in [0.15, 0.2) is 42.7 Å². The summed E-state index contributed by atoms with van der Waals surface area (Å²) in [6, 6.07) is 8.77. The molecule has 0 radical (unpaired) electrons. The number of hydrogen-bond acceptors (Lipinski definition) is 5. The lowest BCUT2D eigenvalue weighted by molar-refractivity contribution is -0.136. The van der Waals surface area contributed by atoms with E-state index < -0.39 is 11.9 Å². The number of aromatic nitrogens is 2. The van der Waals surface area contributed by atoms with Crippen molar-refractivity contribution in [2.45, 2.75) is 50.7 Å². The lowest BCUT2D eigenvalue weighted by Crippen LogP contribution is -2.52. The van der Waals surface area contributed by atoms with E-state index in [9.17, 15) is 19.2 Å². The maximum atomic E-state index is 12.9. The quantitative estimate of drug-likeness (QED) is 0.585. The predicted octanol–water partition coefficient (Wildman–Crippen LogP) is 2.77. The van der Waals surface area contributed by atoms with Crippen molar-refractivity contribution >= 4 is 40.3 Å². The van der Waals surface area contributed by atoms with Crippen LogP contribution in [0.4, 0.5) is 5.69 Å². The molecule has 2 aromatic heterocycles. The highest BCUT2D eigenvalue weighted by Gasteiger charge is 2.39. The second-order valence-corrected chi connectivity index (χ2v) is 9.17. The summed E-state index contributed by atoms with van der Waals surface area (Å²) in [6.45, 7) is 0.256. The van der Waals surface area contributed by atoms with Gasteiger partial charge in [0.1, 0.15) is 11.7 Å². The Morgan fingerprint density at radius 2 is 1.94 bits per heavy atom. The van der Waals surface area contributed by atoms with Crippen molar-refractivity contribution in [3.05, 3.63) is 59.4 Å². The molecular formula is C25H23N5O4. The minimum atomic E-state index is -0.666. The van der Waals surface area contributed by atoms with Crippen LogP contribution in [-0.4, -0.2) is 44.1 Å². The Bertz CT molecular complexity index is 1370. The number of rotatable bonds is 4. The zero-order valence-corrected chi connectivity index (χ0v) is 18.4. The minimum absolute atomic E-state index is 0.209. The molecule has 2 fully saturated rings. The summed E-state index contributed by atoms with van der Waals surface area (Å²) < 4.78 is 2.19. The van der Waals surface area contributed by atoms with Crippen molar-refractivity contribution in [3.8, 4) is 0 Å². The normalized spacial score (nSPS) is 20.3. The number of imide groups is 1. The molecule has 1 saturated heterocycles. The smallest absolute Gasteiger partial charge is 0.257 e.